The molecule has 0 aliphatic rings. The van der Waals surface area contributed by atoms with Gasteiger partial charge in [-0.15, -0.1) is 6.58 Å². The van der Waals surface area contributed by atoms with Crippen molar-refractivity contribution < 1.29 is 9.53 Å². The molecule has 0 amide bonds. The van der Waals surface area contributed by atoms with Gasteiger partial charge >= 0.3 is 0 Å². The summed E-state index contributed by atoms with van der Waals surface area (Å²) >= 11 is 0. The third-order valence-electron chi connectivity index (χ3n) is 4.85. The van der Waals surface area contributed by atoms with E-state index < -0.39 is 14.4 Å². The topological polar surface area (TPSA) is 29.5 Å². The zero-order chi connectivity index (χ0) is 17.0. The molecule has 0 bridgehead atoms. The van der Waals surface area contributed by atoms with Crippen molar-refractivity contribution in [2.45, 2.75) is 64.5 Å². The number of benzene rings is 1. The van der Waals surface area contributed by atoms with E-state index in [0.717, 1.165) is 5.56 Å². The van der Waals surface area contributed by atoms with E-state index in [-0.39, 0.29) is 17.1 Å². The Morgan fingerprint density at radius 3 is 2.23 bits per heavy atom. The summed E-state index contributed by atoms with van der Waals surface area (Å²) in [6.07, 6.45) is 1.90. The molecule has 0 saturated carbocycles. The van der Waals surface area contributed by atoms with Gasteiger partial charge in [0, 0.05) is 6.42 Å². The van der Waals surface area contributed by atoms with Crippen LogP contribution in [0.5, 0.6) is 0 Å². The minimum Gasteiger partial charge on any atom is -0.410 e. The van der Waals surface area contributed by atoms with E-state index in [1.807, 2.05) is 25.1 Å². The lowest BCUT2D eigenvalue weighted by Gasteiger charge is -2.40. The van der Waals surface area contributed by atoms with Gasteiger partial charge < -0.3 is 9.53 Å². The Morgan fingerprint density at radius 2 is 1.77 bits per heavy atom. The van der Waals surface area contributed by atoms with Crippen LogP contribution in [0.1, 0.15) is 45.8 Å². The predicted molar refractivity (Wildman–Crippen MR) is 97.4 cm³/mol. The number of hydrogen-bond acceptors (Lipinski definition) is 2. The highest BCUT2D eigenvalue weighted by Gasteiger charge is 2.39. The second-order valence-corrected chi connectivity index (χ2v) is 12.4. The quantitative estimate of drug-likeness (QED) is 0.544. The molecule has 0 unspecified atom stereocenters. The fraction of sp³-hybridized carbons (Fsp3) is 0.579. The molecule has 0 radical (unpaired) electrons. The summed E-state index contributed by atoms with van der Waals surface area (Å²) in [6.45, 7) is 17.0. The van der Waals surface area contributed by atoms with Crippen LogP contribution in [0, 0.1) is 5.92 Å². The predicted octanol–water partition coefficient (Wildman–Crippen LogP) is 5.32. The molecule has 2 nitrogen and oxygen atoms in total. The maximum Gasteiger partial charge on any atom is 0.192 e. The Hall–Kier alpha value is -0.903. The molecule has 0 heterocycles. The van der Waals surface area contributed by atoms with Crippen LogP contribution in [0.25, 0.3) is 0 Å². The highest BCUT2D eigenvalue weighted by molar-refractivity contribution is 6.74. The Labute approximate surface area is 137 Å². The van der Waals surface area contributed by atoms with Crippen molar-refractivity contribution in [1.82, 2.24) is 0 Å². The molecule has 0 aliphatic heterocycles. The summed E-state index contributed by atoms with van der Waals surface area (Å²) in [7, 11) is -1.90. The Kier molecular flexibility index (Phi) is 6.60. The Balaban J connectivity index is 3.00. The Bertz CT molecular complexity index is 462. The number of rotatable bonds is 7. The lowest BCUT2D eigenvalue weighted by Crippen LogP contribution is -2.42. The van der Waals surface area contributed by atoms with Gasteiger partial charge in [0.2, 0.25) is 0 Å². The summed E-state index contributed by atoms with van der Waals surface area (Å²) in [5.41, 5.74) is 1.14. The molecular weight excluding hydrogens is 288 g/mol. The van der Waals surface area contributed by atoms with Gasteiger partial charge in [0.05, 0.1) is 12.2 Å². The molecule has 1 aromatic rings. The van der Waals surface area contributed by atoms with E-state index in [0.29, 0.717) is 6.42 Å². The van der Waals surface area contributed by atoms with E-state index in [1.165, 1.54) is 0 Å². The normalized spacial score (nSPS) is 16.9. The fourth-order valence-electron chi connectivity index (χ4n) is 2.04. The smallest absolute Gasteiger partial charge is 0.192 e. The second kappa shape index (κ2) is 7.58. The molecule has 0 aromatic heterocycles. The first-order valence-corrected chi connectivity index (χ1v) is 11.0. The van der Waals surface area contributed by atoms with Crippen molar-refractivity contribution in [3.8, 4) is 0 Å². The van der Waals surface area contributed by atoms with Gasteiger partial charge in [-0.05, 0) is 29.6 Å². The Morgan fingerprint density at radius 1 is 1.23 bits per heavy atom. The number of hydrogen-bond donors (Lipinski definition) is 1. The average molecular weight is 321 g/mol. The van der Waals surface area contributed by atoms with Crippen LogP contribution >= 0.6 is 0 Å². The van der Waals surface area contributed by atoms with Gasteiger partial charge in [0.1, 0.15) is 0 Å². The van der Waals surface area contributed by atoms with Crippen molar-refractivity contribution in [1.29, 1.82) is 0 Å². The van der Waals surface area contributed by atoms with Gasteiger partial charge in [0.25, 0.3) is 0 Å². The van der Waals surface area contributed by atoms with Gasteiger partial charge in [-0.3, -0.25) is 0 Å². The van der Waals surface area contributed by atoms with Crippen LogP contribution in [0.2, 0.25) is 18.1 Å². The molecule has 1 N–H and O–H groups in total. The zero-order valence-electron chi connectivity index (χ0n) is 15.0. The molecule has 1 aromatic carbocycles. The van der Waals surface area contributed by atoms with Crippen molar-refractivity contribution in [2.24, 2.45) is 5.92 Å². The molecule has 0 saturated heterocycles. The number of aliphatic hydroxyl groups is 1. The molecule has 1 rings (SSSR count). The molecule has 3 heteroatoms. The SMILES string of the molecule is C=C[C@H](C)[C@@H](O)C[C@@H](O[Si](C)(C)C(C)(C)C)c1ccccc1. The lowest BCUT2D eigenvalue weighted by atomic mass is 9.96. The van der Waals surface area contributed by atoms with Gasteiger partial charge in [-0.1, -0.05) is 64.1 Å². The van der Waals surface area contributed by atoms with Crippen LogP contribution in [-0.2, 0) is 4.43 Å². The third kappa shape index (κ3) is 5.08. The molecule has 0 fully saturated rings. The highest BCUT2D eigenvalue weighted by atomic mass is 28.4. The molecule has 0 spiro atoms. The first kappa shape index (κ1) is 19.1. The van der Waals surface area contributed by atoms with Crippen molar-refractivity contribution in [2.75, 3.05) is 0 Å². The average Bonchev–Trinajstić information content (AvgIpc) is 2.45. The molecular formula is C19H32O2Si. The standard InChI is InChI=1S/C19H32O2Si/c1-8-15(2)17(20)14-18(16-12-10-9-11-13-16)21-22(6,7)19(3,4)5/h8-13,15,17-18,20H,1,14H2,2-7H3/t15-,17-,18+/m0/s1. The summed E-state index contributed by atoms with van der Waals surface area (Å²) < 4.78 is 6.60. The van der Waals surface area contributed by atoms with Crippen molar-refractivity contribution in [3.05, 3.63) is 48.6 Å². The van der Waals surface area contributed by atoms with Crippen molar-refractivity contribution in [3.63, 3.8) is 0 Å². The first-order chi connectivity index (χ1) is 10.1. The second-order valence-electron chi connectivity index (χ2n) is 7.68. The van der Waals surface area contributed by atoms with Crippen molar-refractivity contribution >= 4 is 8.32 Å². The van der Waals surface area contributed by atoms with Crippen LogP contribution in [0.4, 0.5) is 0 Å². The van der Waals surface area contributed by atoms with E-state index >= 15 is 0 Å². The van der Waals surface area contributed by atoms with Crippen LogP contribution < -0.4 is 0 Å². The fourth-order valence-corrected chi connectivity index (χ4v) is 3.34. The van der Waals surface area contributed by atoms with Crippen LogP contribution in [0.3, 0.4) is 0 Å². The van der Waals surface area contributed by atoms with Gasteiger partial charge in [0.15, 0.2) is 8.32 Å². The number of aliphatic hydroxyl groups excluding tert-OH is 1. The first-order valence-electron chi connectivity index (χ1n) is 8.12. The van der Waals surface area contributed by atoms with E-state index in [4.69, 9.17) is 4.43 Å². The largest absolute Gasteiger partial charge is 0.410 e. The summed E-state index contributed by atoms with van der Waals surface area (Å²) in [4.78, 5) is 0. The van der Waals surface area contributed by atoms with Crippen LogP contribution in [0.15, 0.2) is 43.0 Å². The van der Waals surface area contributed by atoms with Gasteiger partial charge in [-0.25, -0.2) is 0 Å². The molecule has 22 heavy (non-hydrogen) atoms. The third-order valence-corrected chi connectivity index (χ3v) is 9.33. The maximum atomic E-state index is 10.4. The van der Waals surface area contributed by atoms with E-state index in [9.17, 15) is 5.11 Å². The summed E-state index contributed by atoms with van der Waals surface area (Å²) in [6, 6.07) is 10.2. The minimum atomic E-state index is -1.90. The minimum absolute atomic E-state index is 0.0641. The molecule has 3 atom stereocenters. The summed E-state index contributed by atoms with van der Waals surface area (Å²) in [5, 5.41) is 10.6. The van der Waals surface area contributed by atoms with E-state index in [1.54, 1.807) is 6.08 Å². The zero-order valence-corrected chi connectivity index (χ0v) is 16.0. The maximum absolute atomic E-state index is 10.4. The highest BCUT2D eigenvalue weighted by Crippen LogP contribution is 2.41. The lowest BCUT2D eigenvalue weighted by molar-refractivity contribution is 0.0653. The van der Waals surface area contributed by atoms with Crippen LogP contribution in [-0.4, -0.2) is 19.5 Å². The monoisotopic (exact) mass is 320 g/mol. The van der Waals surface area contributed by atoms with Gasteiger partial charge in [-0.2, -0.15) is 0 Å². The molecule has 124 valence electrons. The summed E-state index contributed by atoms with van der Waals surface area (Å²) in [5.74, 6) is 0.0641. The van der Waals surface area contributed by atoms with E-state index in [2.05, 4.69) is 52.6 Å². The molecule has 0 aliphatic carbocycles.